The van der Waals surface area contributed by atoms with Crippen molar-refractivity contribution in [3.05, 3.63) is 122 Å². The van der Waals surface area contributed by atoms with Gasteiger partial charge in [-0.25, -0.2) is 9.18 Å². The highest BCUT2D eigenvalue weighted by Gasteiger charge is 2.21. The van der Waals surface area contributed by atoms with Crippen molar-refractivity contribution < 1.29 is 9.18 Å². The molecule has 1 aromatic heterocycles. The van der Waals surface area contributed by atoms with Crippen LogP contribution < -0.4 is 16.6 Å². The summed E-state index contributed by atoms with van der Waals surface area (Å²) in [6.45, 7) is 1.54. The van der Waals surface area contributed by atoms with Crippen molar-refractivity contribution in [3.63, 3.8) is 0 Å². The van der Waals surface area contributed by atoms with Crippen LogP contribution in [0.2, 0.25) is 0 Å². The summed E-state index contributed by atoms with van der Waals surface area (Å²) in [5, 5.41) is 6.66. The second kappa shape index (κ2) is 8.81. The van der Waals surface area contributed by atoms with Crippen molar-refractivity contribution in [1.29, 1.82) is 0 Å². The molecule has 8 heteroatoms. The number of benzene rings is 3. The van der Waals surface area contributed by atoms with Gasteiger partial charge in [0.2, 0.25) is 5.69 Å². The van der Waals surface area contributed by atoms with Crippen LogP contribution in [0, 0.1) is 12.7 Å². The van der Waals surface area contributed by atoms with Crippen LogP contribution in [0.25, 0.3) is 5.69 Å². The van der Waals surface area contributed by atoms with Crippen LogP contribution in [-0.2, 0) is 6.54 Å². The zero-order chi connectivity index (χ0) is 22.7. The zero-order valence-corrected chi connectivity index (χ0v) is 17.2. The molecule has 0 aliphatic heterocycles. The molecule has 1 heterocycles. The third kappa shape index (κ3) is 4.24. The fourth-order valence-electron chi connectivity index (χ4n) is 3.16. The van der Waals surface area contributed by atoms with Gasteiger partial charge in [0.1, 0.15) is 5.82 Å². The molecule has 1 amide bonds. The number of hydrogen-bond acceptors (Lipinski definition) is 4. The number of anilines is 1. The van der Waals surface area contributed by atoms with E-state index in [1.807, 2.05) is 6.92 Å². The van der Waals surface area contributed by atoms with Gasteiger partial charge in [-0.1, -0.05) is 54.1 Å². The lowest BCUT2D eigenvalue weighted by Crippen LogP contribution is -2.45. The van der Waals surface area contributed by atoms with Crippen molar-refractivity contribution >= 4 is 11.6 Å². The second-order valence-electron chi connectivity index (χ2n) is 7.18. The maximum absolute atomic E-state index is 14.2. The van der Waals surface area contributed by atoms with Gasteiger partial charge in [-0.2, -0.15) is 9.78 Å². The van der Waals surface area contributed by atoms with E-state index >= 15 is 0 Å². The molecule has 3 aromatic carbocycles. The standard InChI is InChI=1S/C24H19FN4O3/c1-16-11-13-19(14-12-16)29-24(32)28(15-17-7-5-6-10-20(17)25)23(31)21(27-29)22(30)26-18-8-3-2-4-9-18/h2-14H,15H2,1H3,(H,26,30). The molecular weight excluding hydrogens is 411 g/mol. The number of halogens is 1. The van der Waals surface area contributed by atoms with E-state index in [0.29, 0.717) is 11.4 Å². The summed E-state index contributed by atoms with van der Waals surface area (Å²) in [6, 6.07) is 21.2. The molecule has 160 valence electrons. The molecule has 0 saturated heterocycles. The summed E-state index contributed by atoms with van der Waals surface area (Å²) in [5.41, 5.74) is -0.228. The Balaban J connectivity index is 1.87. The van der Waals surface area contributed by atoms with Crippen LogP contribution in [0.4, 0.5) is 10.1 Å². The average Bonchev–Trinajstić information content (AvgIpc) is 2.79. The fraction of sp³-hybridized carbons (Fsp3) is 0.0833. The summed E-state index contributed by atoms with van der Waals surface area (Å²) in [5.74, 6) is -1.34. The first-order valence-corrected chi connectivity index (χ1v) is 9.85. The number of rotatable bonds is 5. The molecule has 4 aromatic rings. The van der Waals surface area contributed by atoms with Crippen LogP contribution in [0.5, 0.6) is 0 Å². The Morgan fingerprint density at radius 1 is 0.938 bits per heavy atom. The highest BCUT2D eigenvalue weighted by atomic mass is 19.1. The Labute approximate surface area is 182 Å². The minimum absolute atomic E-state index is 0.141. The Morgan fingerprint density at radius 3 is 2.28 bits per heavy atom. The van der Waals surface area contributed by atoms with Gasteiger partial charge in [0.25, 0.3) is 11.5 Å². The maximum atomic E-state index is 14.2. The van der Waals surface area contributed by atoms with E-state index in [-0.39, 0.29) is 12.1 Å². The Morgan fingerprint density at radius 2 is 1.59 bits per heavy atom. The monoisotopic (exact) mass is 430 g/mol. The van der Waals surface area contributed by atoms with Gasteiger partial charge in [0.15, 0.2) is 0 Å². The third-order valence-corrected chi connectivity index (χ3v) is 4.87. The first kappa shape index (κ1) is 20.9. The molecule has 1 N–H and O–H groups in total. The quantitative estimate of drug-likeness (QED) is 0.527. The summed E-state index contributed by atoms with van der Waals surface area (Å²) in [6.07, 6.45) is 0. The van der Waals surface area contributed by atoms with Gasteiger partial charge >= 0.3 is 5.69 Å². The molecule has 0 aliphatic rings. The van der Waals surface area contributed by atoms with Gasteiger partial charge in [-0.05, 0) is 37.3 Å². The van der Waals surface area contributed by atoms with Crippen LogP contribution >= 0.6 is 0 Å². The molecule has 0 bridgehead atoms. The number of hydrogen-bond donors (Lipinski definition) is 1. The topological polar surface area (TPSA) is 86.0 Å². The number of carbonyl (C=O) groups is 1. The summed E-state index contributed by atoms with van der Waals surface area (Å²) < 4.78 is 16.0. The number of amides is 1. The molecule has 7 nitrogen and oxygen atoms in total. The average molecular weight is 430 g/mol. The Hall–Kier alpha value is -4.33. The lowest BCUT2D eigenvalue weighted by atomic mass is 10.2. The summed E-state index contributed by atoms with van der Waals surface area (Å²) >= 11 is 0. The van der Waals surface area contributed by atoms with E-state index in [1.54, 1.807) is 60.7 Å². The van der Waals surface area contributed by atoms with Crippen LogP contribution in [0.15, 0.2) is 88.5 Å². The van der Waals surface area contributed by atoms with E-state index in [4.69, 9.17) is 0 Å². The molecule has 0 fully saturated rings. The van der Waals surface area contributed by atoms with Gasteiger partial charge in [0.05, 0.1) is 12.2 Å². The second-order valence-corrected chi connectivity index (χ2v) is 7.18. The molecule has 0 radical (unpaired) electrons. The van der Waals surface area contributed by atoms with E-state index in [9.17, 15) is 18.8 Å². The highest BCUT2D eigenvalue weighted by molar-refractivity contribution is 6.02. The van der Waals surface area contributed by atoms with E-state index in [0.717, 1.165) is 14.8 Å². The molecule has 32 heavy (non-hydrogen) atoms. The fourth-order valence-corrected chi connectivity index (χ4v) is 3.16. The van der Waals surface area contributed by atoms with E-state index in [1.165, 1.54) is 18.2 Å². The van der Waals surface area contributed by atoms with Crippen LogP contribution in [0.1, 0.15) is 21.6 Å². The van der Waals surface area contributed by atoms with Gasteiger partial charge in [0, 0.05) is 11.3 Å². The van der Waals surface area contributed by atoms with Crippen molar-refractivity contribution in [1.82, 2.24) is 14.3 Å². The smallest absolute Gasteiger partial charge is 0.320 e. The number of aryl methyl sites for hydroxylation is 1. The first-order chi connectivity index (χ1) is 15.4. The normalized spacial score (nSPS) is 10.7. The predicted molar refractivity (Wildman–Crippen MR) is 119 cm³/mol. The number of nitrogens with one attached hydrogen (secondary N) is 1. The van der Waals surface area contributed by atoms with Crippen LogP contribution in [-0.4, -0.2) is 20.3 Å². The van der Waals surface area contributed by atoms with Gasteiger partial charge < -0.3 is 5.32 Å². The molecule has 0 spiro atoms. The zero-order valence-electron chi connectivity index (χ0n) is 17.2. The summed E-state index contributed by atoms with van der Waals surface area (Å²) in [4.78, 5) is 39.1. The van der Waals surface area contributed by atoms with Crippen molar-refractivity contribution in [2.24, 2.45) is 0 Å². The number of aromatic nitrogens is 3. The highest BCUT2D eigenvalue weighted by Crippen LogP contribution is 2.10. The minimum atomic E-state index is -0.907. The molecule has 0 unspecified atom stereocenters. The SMILES string of the molecule is Cc1ccc(-n2nc(C(=O)Nc3ccccc3)c(=O)n(Cc3ccccc3F)c2=O)cc1. The lowest BCUT2D eigenvalue weighted by molar-refractivity contribution is 0.101. The number of para-hydroxylation sites is 1. The molecule has 4 rings (SSSR count). The van der Waals surface area contributed by atoms with Crippen LogP contribution in [0.3, 0.4) is 0 Å². The first-order valence-electron chi connectivity index (χ1n) is 9.85. The lowest BCUT2D eigenvalue weighted by Gasteiger charge is -2.13. The Kier molecular flexibility index (Phi) is 5.76. The maximum Gasteiger partial charge on any atom is 0.352 e. The number of nitrogens with zero attached hydrogens (tertiary/aromatic N) is 3. The van der Waals surface area contributed by atoms with E-state index in [2.05, 4.69) is 10.4 Å². The molecular formula is C24H19FN4O3. The molecule has 0 saturated carbocycles. The number of carbonyl (C=O) groups excluding carboxylic acids is 1. The van der Waals surface area contributed by atoms with Gasteiger partial charge in [-0.3, -0.25) is 14.2 Å². The van der Waals surface area contributed by atoms with E-state index < -0.39 is 28.7 Å². The van der Waals surface area contributed by atoms with Crippen molar-refractivity contribution in [3.8, 4) is 5.69 Å². The molecule has 0 aliphatic carbocycles. The predicted octanol–water partition coefficient (Wildman–Crippen LogP) is 3.14. The van der Waals surface area contributed by atoms with Crippen molar-refractivity contribution in [2.45, 2.75) is 13.5 Å². The summed E-state index contributed by atoms with van der Waals surface area (Å²) in [7, 11) is 0. The third-order valence-electron chi connectivity index (χ3n) is 4.87. The molecule has 0 atom stereocenters. The minimum Gasteiger partial charge on any atom is -0.320 e. The Bertz CT molecular complexity index is 1390. The largest absolute Gasteiger partial charge is 0.352 e. The van der Waals surface area contributed by atoms with Gasteiger partial charge in [-0.15, -0.1) is 0 Å². The van der Waals surface area contributed by atoms with Crippen molar-refractivity contribution in [2.75, 3.05) is 5.32 Å².